The van der Waals surface area contributed by atoms with E-state index in [4.69, 9.17) is 0 Å². The van der Waals surface area contributed by atoms with Gasteiger partial charge in [-0.3, -0.25) is 4.79 Å². The lowest BCUT2D eigenvalue weighted by Gasteiger charge is -2.00. The number of hydrogen-bond acceptors (Lipinski definition) is 2. The van der Waals surface area contributed by atoms with Gasteiger partial charge in [0.05, 0.1) is 12.6 Å². The summed E-state index contributed by atoms with van der Waals surface area (Å²) in [4.78, 5) is 11.9. The molecule has 5 heteroatoms. The molecule has 1 aromatic heterocycles. The molecule has 0 unspecified atom stereocenters. The number of hydrogen-bond donors (Lipinski definition) is 1. The van der Waals surface area contributed by atoms with Crippen LogP contribution < -0.4 is 5.43 Å². The van der Waals surface area contributed by atoms with E-state index in [0.717, 1.165) is 26.5 Å². The van der Waals surface area contributed by atoms with Crippen LogP contribution in [0.4, 0.5) is 0 Å². The van der Waals surface area contributed by atoms with E-state index in [9.17, 15) is 4.79 Å². The standard InChI is InChI=1S/C18H16BrN3O/c1-22-12-14(16-4-2-3-5-17(16)22)11-20-21-18(23)10-13-6-8-15(19)9-7-13/h2-9,11-12H,10H2,1H3,(H,21,23)/b20-11+. The number of para-hydroxylation sites is 1. The van der Waals surface area contributed by atoms with Crippen LogP contribution in [0, 0.1) is 0 Å². The summed E-state index contributed by atoms with van der Waals surface area (Å²) in [6.45, 7) is 0. The smallest absolute Gasteiger partial charge is 0.244 e. The van der Waals surface area contributed by atoms with Gasteiger partial charge in [0.25, 0.3) is 0 Å². The first-order valence-corrected chi connectivity index (χ1v) is 8.03. The summed E-state index contributed by atoms with van der Waals surface area (Å²) in [6, 6.07) is 15.8. The third-order valence-electron chi connectivity index (χ3n) is 3.60. The minimum Gasteiger partial charge on any atom is -0.350 e. The van der Waals surface area contributed by atoms with E-state index in [2.05, 4.69) is 32.5 Å². The van der Waals surface area contributed by atoms with E-state index < -0.39 is 0 Å². The average molecular weight is 370 g/mol. The number of benzene rings is 2. The maximum absolute atomic E-state index is 11.9. The summed E-state index contributed by atoms with van der Waals surface area (Å²) in [5.41, 5.74) is 5.64. The molecule has 3 aromatic rings. The van der Waals surface area contributed by atoms with Crippen molar-refractivity contribution in [3.63, 3.8) is 0 Å². The Kier molecular flexibility index (Phi) is 4.57. The van der Waals surface area contributed by atoms with E-state index >= 15 is 0 Å². The van der Waals surface area contributed by atoms with Gasteiger partial charge in [-0.05, 0) is 23.8 Å². The summed E-state index contributed by atoms with van der Waals surface area (Å²) in [5.74, 6) is -0.135. The van der Waals surface area contributed by atoms with Crippen LogP contribution in [-0.2, 0) is 18.3 Å². The quantitative estimate of drug-likeness (QED) is 0.553. The number of nitrogens with one attached hydrogen (secondary N) is 1. The highest BCUT2D eigenvalue weighted by atomic mass is 79.9. The fourth-order valence-electron chi connectivity index (χ4n) is 2.48. The van der Waals surface area contributed by atoms with Crippen LogP contribution in [0.3, 0.4) is 0 Å². The van der Waals surface area contributed by atoms with E-state index in [1.54, 1.807) is 6.21 Å². The Bertz CT molecular complexity index is 866. The molecule has 0 atom stereocenters. The first kappa shape index (κ1) is 15.5. The predicted octanol–water partition coefficient (Wildman–Crippen LogP) is 3.63. The second-order valence-electron chi connectivity index (χ2n) is 5.31. The molecular formula is C18H16BrN3O. The second-order valence-corrected chi connectivity index (χ2v) is 6.22. The Morgan fingerprint density at radius 1 is 1.22 bits per heavy atom. The summed E-state index contributed by atoms with van der Waals surface area (Å²) in [6.07, 6.45) is 3.98. The molecule has 0 aliphatic carbocycles. The summed E-state index contributed by atoms with van der Waals surface area (Å²) < 4.78 is 3.04. The molecule has 1 heterocycles. The highest BCUT2D eigenvalue weighted by Crippen LogP contribution is 2.18. The van der Waals surface area contributed by atoms with Crippen molar-refractivity contribution in [1.29, 1.82) is 0 Å². The van der Waals surface area contributed by atoms with Crippen LogP contribution in [0.15, 0.2) is 64.3 Å². The number of amides is 1. The predicted molar refractivity (Wildman–Crippen MR) is 96.5 cm³/mol. The average Bonchev–Trinajstić information content (AvgIpc) is 2.87. The molecule has 0 aliphatic rings. The second kappa shape index (κ2) is 6.79. The summed E-state index contributed by atoms with van der Waals surface area (Å²) in [7, 11) is 1.99. The van der Waals surface area contributed by atoms with Crippen molar-refractivity contribution in [1.82, 2.24) is 9.99 Å². The number of rotatable bonds is 4. The molecule has 0 fully saturated rings. The molecule has 4 nitrogen and oxygen atoms in total. The minimum atomic E-state index is -0.135. The van der Waals surface area contributed by atoms with Gasteiger partial charge in [-0.15, -0.1) is 0 Å². The maximum Gasteiger partial charge on any atom is 0.244 e. The molecule has 1 amide bonds. The molecule has 3 rings (SSSR count). The van der Waals surface area contributed by atoms with Crippen LogP contribution in [0.5, 0.6) is 0 Å². The molecule has 116 valence electrons. The zero-order valence-electron chi connectivity index (χ0n) is 12.7. The van der Waals surface area contributed by atoms with Gasteiger partial charge in [0.1, 0.15) is 0 Å². The van der Waals surface area contributed by atoms with E-state index in [-0.39, 0.29) is 5.91 Å². The highest BCUT2D eigenvalue weighted by Gasteiger charge is 2.04. The van der Waals surface area contributed by atoms with Gasteiger partial charge in [0.2, 0.25) is 5.91 Å². The van der Waals surface area contributed by atoms with Crippen LogP contribution in [-0.4, -0.2) is 16.7 Å². The molecule has 1 N–H and O–H groups in total. The van der Waals surface area contributed by atoms with Gasteiger partial charge in [-0.25, -0.2) is 5.43 Å². The van der Waals surface area contributed by atoms with Gasteiger partial charge in [0, 0.05) is 34.2 Å². The van der Waals surface area contributed by atoms with Crippen molar-refractivity contribution in [3.05, 3.63) is 70.3 Å². The number of halogens is 1. The molecule has 0 saturated carbocycles. The van der Waals surface area contributed by atoms with Crippen LogP contribution in [0.25, 0.3) is 10.9 Å². The lowest BCUT2D eigenvalue weighted by molar-refractivity contribution is -0.120. The lowest BCUT2D eigenvalue weighted by atomic mass is 10.1. The van der Waals surface area contributed by atoms with Gasteiger partial charge in [-0.1, -0.05) is 46.3 Å². The first-order chi connectivity index (χ1) is 11.1. The molecule has 0 radical (unpaired) electrons. The van der Waals surface area contributed by atoms with E-state index in [0.29, 0.717) is 6.42 Å². The number of aromatic nitrogens is 1. The highest BCUT2D eigenvalue weighted by molar-refractivity contribution is 9.10. The fourth-order valence-corrected chi connectivity index (χ4v) is 2.74. The normalized spacial score (nSPS) is 11.2. The number of hydrazone groups is 1. The number of nitrogens with zero attached hydrogens (tertiary/aromatic N) is 2. The van der Waals surface area contributed by atoms with Crippen molar-refractivity contribution in [2.45, 2.75) is 6.42 Å². The molecule has 23 heavy (non-hydrogen) atoms. The summed E-state index contributed by atoms with van der Waals surface area (Å²) >= 11 is 3.38. The molecule has 0 bridgehead atoms. The largest absolute Gasteiger partial charge is 0.350 e. The summed E-state index contributed by atoms with van der Waals surface area (Å²) in [5, 5.41) is 5.18. The Hall–Kier alpha value is -2.40. The SMILES string of the molecule is Cn1cc(/C=N/NC(=O)Cc2ccc(Br)cc2)c2ccccc21. The van der Waals surface area contributed by atoms with Crippen LogP contribution in [0.1, 0.15) is 11.1 Å². The monoisotopic (exact) mass is 369 g/mol. The van der Waals surface area contributed by atoms with Crippen molar-refractivity contribution in [2.24, 2.45) is 12.1 Å². The van der Waals surface area contributed by atoms with Gasteiger partial charge in [-0.2, -0.15) is 5.10 Å². The van der Waals surface area contributed by atoms with Gasteiger partial charge in [0.15, 0.2) is 0 Å². The Morgan fingerprint density at radius 3 is 2.74 bits per heavy atom. The topological polar surface area (TPSA) is 46.4 Å². The van der Waals surface area contributed by atoms with Gasteiger partial charge < -0.3 is 4.57 Å². The molecule has 0 saturated heterocycles. The van der Waals surface area contributed by atoms with E-state index in [1.807, 2.05) is 60.3 Å². The Morgan fingerprint density at radius 2 is 1.96 bits per heavy atom. The van der Waals surface area contributed by atoms with Crippen molar-refractivity contribution in [3.8, 4) is 0 Å². The number of aryl methyl sites for hydroxylation is 1. The van der Waals surface area contributed by atoms with E-state index in [1.165, 1.54) is 0 Å². The van der Waals surface area contributed by atoms with Crippen LogP contribution >= 0.6 is 15.9 Å². The lowest BCUT2D eigenvalue weighted by Crippen LogP contribution is -2.19. The first-order valence-electron chi connectivity index (χ1n) is 7.24. The van der Waals surface area contributed by atoms with Gasteiger partial charge >= 0.3 is 0 Å². The Balaban J connectivity index is 1.66. The number of carbonyl (C=O) groups is 1. The van der Waals surface area contributed by atoms with Crippen LogP contribution in [0.2, 0.25) is 0 Å². The minimum absolute atomic E-state index is 0.135. The molecule has 0 spiro atoms. The maximum atomic E-state index is 11.9. The number of fused-ring (bicyclic) bond motifs is 1. The Labute approximate surface area is 142 Å². The zero-order chi connectivity index (χ0) is 16.2. The van der Waals surface area contributed by atoms with Crippen molar-refractivity contribution in [2.75, 3.05) is 0 Å². The molecule has 0 aliphatic heterocycles. The third-order valence-corrected chi connectivity index (χ3v) is 4.13. The molecular weight excluding hydrogens is 354 g/mol. The molecule has 2 aromatic carbocycles. The fraction of sp³-hybridized carbons (Fsp3) is 0.111. The number of carbonyl (C=O) groups excluding carboxylic acids is 1. The van der Waals surface area contributed by atoms with Crippen molar-refractivity contribution < 1.29 is 4.79 Å². The third kappa shape index (κ3) is 3.68. The zero-order valence-corrected chi connectivity index (χ0v) is 14.2. The van der Waals surface area contributed by atoms with Crippen molar-refractivity contribution >= 4 is 39.0 Å².